The van der Waals surface area contributed by atoms with Gasteiger partial charge in [-0.15, -0.1) is 0 Å². The van der Waals surface area contributed by atoms with Crippen LogP contribution in [0.4, 0.5) is 0 Å². The standard InChI is InChI=1S/C25H41NO2/c1-4-5-6-7-8-9-10-11-12-16-19-26(20-21-28-25(27)23(2)3)22-24-17-14-13-15-18-24/h13-15,17-18H,2,4-12,16,19-22H2,1,3H3. The van der Waals surface area contributed by atoms with E-state index in [1.54, 1.807) is 6.92 Å². The quantitative estimate of drug-likeness (QED) is 0.173. The summed E-state index contributed by atoms with van der Waals surface area (Å²) in [5, 5.41) is 0. The van der Waals surface area contributed by atoms with Gasteiger partial charge in [0.05, 0.1) is 0 Å². The molecule has 0 spiro atoms. The number of rotatable bonds is 17. The highest BCUT2D eigenvalue weighted by Gasteiger charge is 2.08. The van der Waals surface area contributed by atoms with Crippen LogP contribution in [0.2, 0.25) is 0 Å². The number of carbonyl (C=O) groups excluding carboxylic acids is 1. The van der Waals surface area contributed by atoms with Gasteiger partial charge >= 0.3 is 5.97 Å². The molecule has 0 heterocycles. The Balaban J connectivity index is 2.23. The van der Waals surface area contributed by atoms with Crippen molar-refractivity contribution in [3.05, 3.63) is 48.0 Å². The minimum Gasteiger partial charge on any atom is -0.461 e. The number of ether oxygens (including phenoxy) is 1. The van der Waals surface area contributed by atoms with E-state index < -0.39 is 0 Å². The van der Waals surface area contributed by atoms with Gasteiger partial charge in [-0.25, -0.2) is 4.79 Å². The molecular formula is C25H41NO2. The second-order valence-electron chi connectivity index (χ2n) is 7.86. The molecule has 3 nitrogen and oxygen atoms in total. The van der Waals surface area contributed by atoms with Gasteiger partial charge in [0.15, 0.2) is 0 Å². The number of unbranched alkanes of at least 4 members (excludes halogenated alkanes) is 9. The third-order valence-electron chi connectivity index (χ3n) is 5.07. The van der Waals surface area contributed by atoms with Crippen LogP contribution in [0.1, 0.15) is 83.6 Å². The first-order valence-electron chi connectivity index (χ1n) is 11.2. The second-order valence-corrected chi connectivity index (χ2v) is 7.86. The number of nitrogens with zero attached hydrogens (tertiary/aromatic N) is 1. The molecule has 0 fully saturated rings. The first-order chi connectivity index (χ1) is 13.6. The Morgan fingerprint density at radius 3 is 2.04 bits per heavy atom. The van der Waals surface area contributed by atoms with Crippen LogP contribution in [-0.4, -0.2) is 30.6 Å². The minimum absolute atomic E-state index is 0.293. The summed E-state index contributed by atoms with van der Waals surface area (Å²) < 4.78 is 5.29. The lowest BCUT2D eigenvalue weighted by atomic mass is 10.1. The largest absolute Gasteiger partial charge is 0.461 e. The fourth-order valence-corrected chi connectivity index (χ4v) is 3.33. The van der Waals surface area contributed by atoms with E-state index in [2.05, 4.69) is 42.7 Å². The number of esters is 1. The van der Waals surface area contributed by atoms with Crippen LogP contribution in [0.25, 0.3) is 0 Å². The van der Waals surface area contributed by atoms with E-state index >= 15 is 0 Å². The van der Waals surface area contributed by atoms with Crippen molar-refractivity contribution in [2.24, 2.45) is 0 Å². The molecule has 0 saturated carbocycles. The SMILES string of the molecule is C=C(C)C(=O)OCCN(CCCCCCCCCCCC)Cc1ccccc1. The van der Waals surface area contributed by atoms with Crippen LogP contribution < -0.4 is 0 Å². The van der Waals surface area contributed by atoms with Crippen LogP contribution in [0.5, 0.6) is 0 Å². The van der Waals surface area contributed by atoms with E-state index in [0.717, 1.165) is 19.6 Å². The average molecular weight is 388 g/mol. The van der Waals surface area contributed by atoms with E-state index in [9.17, 15) is 4.79 Å². The Labute approximate surface area is 173 Å². The smallest absolute Gasteiger partial charge is 0.333 e. The van der Waals surface area contributed by atoms with E-state index in [4.69, 9.17) is 4.74 Å². The van der Waals surface area contributed by atoms with Gasteiger partial charge < -0.3 is 4.74 Å². The predicted molar refractivity (Wildman–Crippen MR) is 119 cm³/mol. The predicted octanol–water partition coefficient (Wildman–Crippen LogP) is 6.53. The molecule has 0 aromatic heterocycles. The van der Waals surface area contributed by atoms with Crippen molar-refractivity contribution in [1.82, 2.24) is 4.90 Å². The molecule has 3 heteroatoms. The zero-order valence-electron chi connectivity index (χ0n) is 18.3. The molecule has 28 heavy (non-hydrogen) atoms. The Hall–Kier alpha value is -1.61. The molecule has 0 aliphatic carbocycles. The van der Waals surface area contributed by atoms with Crippen molar-refractivity contribution in [2.75, 3.05) is 19.7 Å². The summed E-state index contributed by atoms with van der Waals surface area (Å²) in [6, 6.07) is 10.5. The fourth-order valence-electron chi connectivity index (χ4n) is 3.33. The molecule has 1 rings (SSSR count). The molecule has 1 aromatic carbocycles. The van der Waals surface area contributed by atoms with Crippen LogP contribution in [0.3, 0.4) is 0 Å². The third-order valence-corrected chi connectivity index (χ3v) is 5.07. The first-order valence-corrected chi connectivity index (χ1v) is 11.2. The molecule has 0 N–H and O–H groups in total. The highest BCUT2D eigenvalue weighted by atomic mass is 16.5. The first kappa shape index (κ1) is 24.4. The van der Waals surface area contributed by atoms with Crippen LogP contribution in [0, 0.1) is 0 Å². The normalized spacial score (nSPS) is 11.0. The average Bonchev–Trinajstić information content (AvgIpc) is 2.69. The van der Waals surface area contributed by atoms with Gasteiger partial charge in [-0.1, -0.05) is 102 Å². The maximum absolute atomic E-state index is 11.6. The lowest BCUT2D eigenvalue weighted by Crippen LogP contribution is -2.29. The Bertz CT molecular complexity index is 527. The van der Waals surface area contributed by atoms with Gasteiger partial charge in [0.2, 0.25) is 0 Å². The number of benzene rings is 1. The van der Waals surface area contributed by atoms with E-state index in [0.29, 0.717) is 12.2 Å². The highest BCUT2D eigenvalue weighted by molar-refractivity contribution is 5.86. The maximum Gasteiger partial charge on any atom is 0.333 e. The molecular weight excluding hydrogens is 346 g/mol. The molecule has 0 atom stereocenters. The van der Waals surface area contributed by atoms with Crippen molar-refractivity contribution in [1.29, 1.82) is 0 Å². The van der Waals surface area contributed by atoms with Crippen molar-refractivity contribution in [3.8, 4) is 0 Å². The molecule has 0 bridgehead atoms. The molecule has 0 aliphatic heterocycles. The van der Waals surface area contributed by atoms with Gasteiger partial charge in [-0.3, -0.25) is 4.90 Å². The topological polar surface area (TPSA) is 29.5 Å². The summed E-state index contributed by atoms with van der Waals surface area (Å²) in [5.74, 6) is -0.293. The minimum atomic E-state index is -0.293. The Morgan fingerprint density at radius 1 is 0.893 bits per heavy atom. The van der Waals surface area contributed by atoms with Crippen LogP contribution in [0.15, 0.2) is 42.5 Å². The summed E-state index contributed by atoms with van der Waals surface area (Å²) >= 11 is 0. The number of hydrogen-bond acceptors (Lipinski definition) is 3. The van der Waals surface area contributed by atoms with Gasteiger partial charge in [-0.05, 0) is 25.5 Å². The highest BCUT2D eigenvalue weighted by Crippen LogP contribution is 2.12. The lowest BCUT2D eigenvalue weighted by Gasteiger charge is -2.22. The summed E-state index contributed by atoms with van der Waals surface area (Å²) in [6.45, 7) is 10.7. The van der Waals surface area contributed by atoms with E-state index in [1.165, 1.54) is 69.8 Å². The monoisotopic (exact) mass is 387 g/mol. The fraction of sp³-hybridized carbons (Fsp3) is 0.640. The van der Waals surface area contributed by atoms with E-state index in [1.807, 2.05) is 6.07 Å². The van der Waals surface area contributed by atoms with Crippen molar-refractivity contribution in [2.45, 2.75) is 84.6 Å². The Kier molecular flexibility index (Phi) is 14.3. The maximum atomic E-state index is 11.6. The summed E-state index contributed by atoms with van der Waals surface area (Å²) in [5.41, 5.74) is 1.77. The van der Waals surface area contributed by atoms with Gasteiger partial charge in [0, 0.05) is 18.7 Å². The Morgan fingerprint density at radius 2 is 1.46 bits per heavy atom. The zero-order valence-corrected chi connectivity index (χ0v) is 18.3. The van der Waals surface area contributed by atoms with Gasteiger partial charge in [0.1, 0.15) is 6.61 Å². The van der Waals surface area contributed by atoms with Crippen molar-refractivity contribution < 1.29 is 9.53 Å². The second kappa shape index (κ2) is 16.4. The summed E-state index contributed by atoms with van der Waals surface area (Å²) in [4.78, 5) is 14.0. The number of hydrogen-bond donors (Lipinski definition) is 0. The number of carbonyl (C=O) groups is 1. The molecule has 1 aromatic rings. The lowest BCUT2D eigenvalue weighted by molar-refractivity contribution is -0.139. The van der Waals surface area contributed by atoms with Crippen LogP contribution >= 0.6 is 0 Å². The molecule has 158 valence electrons. The van der Waals surface area contributed by atoms with Crippen molar-refractivity contribution in [3.63, 3.8) is 0 Å². The van der Waals surface area contributed by atoms with Gasteiger partial charge in [0.25, 0.3) is 0 Å². The molecule has 0 unspecified atom stereocenters. The molecule has 0 aliphatic rings. The summed E-state index contributed by atoms with van der Waals surface area (Å²) in [6.07, 6.45) is 13.5. The third kappa shape index (κ3) is 12.7. The molecule has 0 radical (unpaired) electrons. The van der Waals surface area contributed by atoms with Gasteiger partial charge in [-0.2, -0.15) is 0 Å². The zero-order chi connectivity index (χ0) is 20.5. The summed E-state index contributed by atoms with van der Waals surface area (Å²) in [7, 11) is 0. The van der Waals surface area contributed by atoms with E-state index in [-0.39, 0.29) is 5.97 Å². The molecule has 0 saturated heterocycles. The van der Waals surface area contributed by atoms with Crippen LogP contribution in [-0.2, 0) is 16.1 Å². The molecule has 0 amide bonds. The van der Waals surface area contributed by atoms with Crippen molar-refractivity contribution >= 4 is 5.97 Å².